The zero-order valence-corrected chi connectivity index (χ0v) is 31.3. The number of nitrogens with one attached hydrogen (secondary N) is 3. The minimum absolute atomic E-state index is 0.0317. The van der Waals surface area contributed by atoms with Gasteiger partial charge < -0.3 is 44.4 Å². The number of fused-ring (bicyclic) bond motifs is 5. The standard InChI is InChI=1S/C39H55N5O6S/c1-28-9-7-8-14-40-27-31-10-5-6-11-32(31)38-13-12-37(51-38)29(2)42-39-33-25-36(35(45-4)26-34(33)43-30(3)44-39)50-24-23-49-22-21-48-20-19-47-18-17-46-16-15-41-28/h10-13,25-26,29,40-41H,1,5-9,14-24,27H2,2-4H3,(H,42,43,44). The Morgan fingerprint density at radius 1 is 0.863 bits per heavy atom. The first-order chi connectivity index (χ1) is 25.0. The van der Waals surface area contributed by atoms with Crippen LogP contribution in [0.3, 0.4) is 0 Å². The molecule has 4 bridgehead atoms. The van der Waals surface area contributed by atoms with Crippen LogP contribution in [0.1, 0.15) is 60.6 Å². The van der Waals surface area contributed by atoms with Crippen molar-refractivity contribution in [3.63, 3.8) is 0 Å². The van der Waals surface area contributed by atoms with Crippen molar-refractivity contribution in [2.45, 2.75) is 52.0 Å². The summed E-state index contributed by atoms with van der Waals surface area (Å²) in [6.07, 6.45) is 10.1. The molecule has 0 spiro atoms. The molecule has 3 aromatic rings. The lowest BCUT2D eigenvalue weighted by Gasteiger charge is -2.18. The summed E-state index contributed by atoms with van der Waals surface area (Å²) in [5.74, 6) is 2.67. The van der Waals surface area contributed by atoms with Gasteiger partial charge in [0.15, 0.2) is 11.5 Å². The van der Waals surface area contributed by atoms with Gasteiger partial charge in [-0.3, -0.25) is 0 Å². The molecule has 3 heterocycles. The molecule has 0 saturated carbocycles. The van der Waals surface area contributed by atoms with E-state index in [2.05, 4.69) is 53.7 Å². The Kier molecular flexibility index (Phi) is 16.0. The van der Waals surface area contributed by atoms with Gasteiger partial charge in [0, 0.05) is 40.0 Å². The molecule has 1 aromatic carbocycles. The number of nitrogens with zero attached hydrogens (tertiary/aromatic N) is 2. The number of hydrogen-bond acceptors (Lipinski definition) is 12. The molecule has 1 unspecified atom stereocenters. The van der Waals surface area contributed by atoms with E-state index in [4.69, 9.17) is 38.4 Å². The number of rotatable bonds is 1. The largest absolute Gasteiger partial charge is 0.493 e. The van der Waals surface area contributed by atoms with Gasteiger partial charge in [-0.25, -0.2) is 9.97 Å². The summed E-state index contributed by atoms with van der Waals surface area (Å²) in [5.41, 5.74) is 4.57. The van der Waals surface area contributed by atoms with Crippen LogP contribution in [-0.4, -0.2) is 96.2 Å². The van der Waals surface area contributed by atoms with Gasteiger partial charge in [0.25, 0.3) is 0 Å². The second-order valence-corrected chi connectivity index (χ2v) is 13.7. The number of thiophene rings is 1. The van der Waals surface area contributed by atoms with E-state index in [1.54, 1.807) is 7.11 Å². The molecular formula is C39H55N5O6S. The van der Waals surface area contributed by atoms with Gasteiger partial charge >= 0.3 is 0 Å². The monoisotopic (exact) mass is 721 g/mol. The van der Waals surface area contributed by atoms with Crippen LogP contribution in [0.25, 0.3) is 16.5 Å². The van der Waals surface area contributed by atoms with Crippen molar-refractivity contribution in [2.24, 2.45) is 0 Å². The van der Waals surface area contributed by atoms with E-state index in [1.807, 2.05) is 30.4 Å². The van der Waals surface area contributed by atoms with Crippen LogP contribution in [0, 0.1) is 6.92 Å². The Morgan fingerprint density at radius 3 is 2.35 bits per heavy atom. The Morgan fingerprint density at radius 2 is 1.59 bits per heavy atom. The van der Waals surface area contributed by atoms with E-state index in [0.717, 1.165) is 74.2 Å². The summed E-state index contributed by atoms with van der Waals surface area (Å²) < 4.78 is 34.4. The molecule has 1 atom stereocenters. The topological polar surface area (TPSA) is 117 Å². The summed E-state index contributed by atoms with van der Waals surface area (Å²) in [4.78, 5) is 12.0. The van der Waals surface area contributed by atoms with Gasteiger partial charge in [0.1, 0.15) is 18.2 Å². The van der Waals surface area contributed by atoms with Gasteiger partial charge in [-0.05, 0) is 81.8 Å². The molecule has 0 radical (unpaired) electrons. The first-order valence-corrected chi connectivity index (χ1v) is 19.0. The van der Waals surface area contributed by atoms with Crippen molar-refractivity contribution >= 4 is 33.6 Å². The maximum absolute atomic E-state index is 6.12. The number of hydrogen-bond donors (Lipinski definition) is 3. The Labute approximate surface area is 306 Å². The third-order valence-electron chi connectivity index (χ3n) is 8.64. The highest BCUT2D eigenvalue weighted by molar-refractivity contribution is 7.13. The third-order valence-corrected chi connectivity index (χ3v) is 9.94. The molecule has 0 fully saturated rings. The van der Waals surface area contributed by atoms with E-state index in [-0.39, 0.29) is 6.04 Å². The maximum Gasteiger partial charge on any atom is 0.162 e. The van der Waals surface area contributed by atoms with Crippen LogP contribution in [0.15, 0.2) is 54.3 Å². The van der Waals surface area contributed by atoms with Crippen LogP contribution in [-0.2, 0) is 18.9 Å². The molecule has 1 aliphatic carbocycles. The predicted molar refractivity (Wildman–Crippen MR) is 205 cm³/mol. The first-order valence-electron chi connectivity index (χ1n) is 18.2. The molecule has 2 aromatic heterocycles. The normalized spacial score (nSPS) is 20.5. The summed E-state index contributed by atoms with van der Waals surface area (Å²) in [6, 6.07) is 8.37. The predicted octanol–water partition coefficient (Wildman–Crippen LogP) is 6.61. The van der Waals surface area contributed by atoms with Crippen molar-refractivity contribution in [3.05, 3.63) is 69.8 Å². The summed E-state index contributed by atoms with van der Waals surface area (Å²) in [7, 11) is 1.63. The molecule has 5 rings (SSSR count). The van der Waals surface area contributed by atoms with E-state index < -0.39 is 0 Å². The average Bonchev–Trinajstić information content (AvgIpc) is 3.63. The highest BCUT2D eigenvalue weighted by Crippen LogP contribution is 2.38. The number of allylic oxidation sites excluding steroid dienone is 3. The summed E-state index contributed by atoms with van der Waals surface area (Å²) in [5, 5.41) is 11.6. The SMILES string of the molecule is C=C1CCCCNCC2=CCCC=C2c2ccc(s2)C(C)Nc2nc(C)nc3cc(OC)c(cc23)OCCOCCOCCOCCOCCN1. The van der Waals surface area contributed by atoms with Crippen LogP contribution in [0.4, 0.5) is 5.82 Å². The molecule has 12 heteroatoms. The number of anilines is 1. The lowest BCUT2D eigenvalue weighted by molar-refractivity contribution is -0.00422. The quantitative estimate of drug-likeness (QED) is 0.252. The smallest absolute Gasteiger partial charge is 0.162 e. The molecule has 278 valence electrons. The number of benzene rings is 1. The van der Waals surface area contributed by atoms with Crippen LogP contribution < -0.4 is 25.4 Å². The van der Waals surface area contributed by atoms with E-state index >= 15 is 0 Å². The van der Waals surface area contributed by atoms with E-state index in [0.29, 0.717) is 76.8 Å². The molecule has 51 heavy (non-hydrogen) atoms. The number of aryl methyl sites for hydroxylation is 1. The second kappa shape index (κ2) is 21.1. The average molecular weight is 722 g/mol. The molecule has 2 aliphatic rings. The third kappa shape index (κ3) is 12.3. The first kappa shape index (κ1) is 38.7. The fourth-order valence-corrected chi connectivity index (χ4v) is 7.05. The zero-order valence-electron chi connectivity index (χ0n) is 30.5. The number of aromatic nitrogens is 2. The van der Waals surface area contributed by atoms with Gasteiger partial charge in [0.05, 0.1) is 71.5 Å². The Hall–Kier alpha value is -3.52. The Bertz CT molecular complexity index is 1610. The van der Waals surface area contributed by atoms with Gasteiger partial charge in [-0.15, -0.1) is 11.3 Å². The second-order valence-electron chi connectivity index (χ2n) is 12.6. The minimum Gasteiger partial charge on any atom is -0.493 e. The fourth-order valence-electron chi connectivity index (χ4n) is 5.97. The van der Waals surface area contributed by atoms with E-state index in [9.17, 15) is 0 Å². The summed E-state index contributed by atoms with van der Waals surface area (Å²) in [6.45, 7) is 15.3. The minimum atomic E-state index is 0.0317. The van der Waals surface area contributed by atoms with Gasteiger partial charge in [0.2, 0.25) is 0 Å². The molecule has 1 aliphatic heterocycles. The van der Waals surface area contributed by atoms with Crippen molar-refractivity contribution in [1.82, 2.24) is 20.6 Å². The van der Waals surface area contributed by atoms with Crippen molar-refractivity contribution in [2.75, 3.05) is 91.5 Å². The number of methoxy groups -OCH3 is 1. The lowest BCUT2D eigenvalue weighted by atomic mass is 9.96. The Balaban J connectivity index is 1.25. The van der Waals surface area contributed by atoms with Gasteiger partial charge in [-0.1, -0.05) is 18.7 Å². The van der Waals surface area contributed by atoms with Crippen LogP contribution >= 0.6 is 11.3 Å². The lowest BCUT2D eigenvalue weighted by Crippen LogP contribution is -2.21. The van der Waals surface area contributed by atoms with Crippen molar-refractivity contribution in [3.8, 4) is 11.5 Å². The maximum atomic E-state index is 6.12. The highest BCUT2D eigenvalue weighted by Gasteiger charge is 2.18. The van der Waals surface area contributed by atoms with Crippen LogP contribution in [0.2, 0.25) is 0 Å². The zero-order chi connectivity index (χ0) is 35.7. The molecular weight excluding hydrogens is 667 g/mol. The van der Waals surface area contributed by atoms with E-state index in [1.165, 1.54) is 20.9 Å². The van der Waals surface area contributed by atoms with Crippen molar-refractivity contribution < 1.29 is 28.4 Å². The molecule has 11 nitrogen and oxygen atoms in total. The summed E-state index contributed by atoms with van der Waals surface area (Å²) >= 11 is 1.83. The molecule has 3 N–H and O–H groups in total. The van der Waals surface area contributed by atoms with Crippen LogP contribution in [0.5, 0.6) is 11.5 Å². The van der Waals surface area contributed by atoms with Gasteiger partial charge in [-0.2, -0.15) is 0 Å². The highest BCUT2D eigenvalue weighted by atomic mass is 32.1. The number of ether oxygens (including phenoxy) is 6. The fraction of sp³-hybridized carbons (Fsp3) is 0.538. The van der Waals surface area contributed by atoms with Crippen molar-refractivity contribution in [1.29, 1.82) is 0 Å². The molecule has 0 amide bonds. The molecule has 0 saturated heterocycles.